The van der Waals surface area contributed by atoms with Crippen LogP contribution in [0.25, 0.3) is 5.69 Å². The summed E-state index contributed by atoms with van der Waals surface area (Å²) in [4.78, 5) is 27.8. The average Bonchev–Trinajstić information content (AvgIpc) is 3.23. The number of nitrogens with zero attached hydrogens (tertiary/aromatic N) is 3. The summed E-state index contributed by atoms with van der Waals surface area (Å²) in [5.41, 5.74) is 0.333. The Morgan fingerprint density at radius 2 is 1.93 bits per heavy atom. The molecular formula is C22H14F2N4O2. The maximum atomic E-state index is 14.4. The number of terminal acetylenes is 1. The van der Waals surface area contributed by atoms with Crippen molar-refractivity contribution in [1.82, 2.24) is 9.78 Å². The van der Waals surface area contributed by atoms with Crippen LogP contribution in [0.2, 0.25) is 0 Å². The van der Waals surface area contributed by atoms with E-state index in [4.69, 9.17) is 6.42 Å². The number of benzene rings is 2. The Hall–Kier alpha value is -3.99. The summed E-state index contributed by atoms with van der Waals surface area (Å²) >= 11 is 0. The third-order valence-electron chi connectivity index (χ3n) is 5.56. The number of para-hydroxylation sites is 1. The van der Waals surface area contributed by atoms with E-state index in [9.17, 15) is 18.4 Å². The van der Waals surface area contributed by atoms with Gasteiger partial charge in [0, 0.05) is 23.7 Å². The van der Waals surface area contributed by atoms with Crippen LogP contribution in [-0.4, -0.2) is 28.1 Å². The SMILES string of the molecule is C#CCN1C(=O)[C@]2(CC(=O)Nc3c2cnn3-c2ccc(F)cc2F)c2ccccc21. The van der Waals surface area contributed by atoms with Gasteiger partial charge in [-0.1, -0.05) is 24.1 Å². The highest BCUT2D eigenvalue weighted by Crippen LogP contribution is 2.52. The second-order valence-electron chi connectivity index (χ2n) is 7.16. The predicted molar refractivity (Wildman–Crippen MR) is 105 cm³/mol. The first-order chi connectivity index (χ1) is 14.5. The van der Waals surface area contributed by atoms with Crippen LogP contribution in [-0.2, 0) is 15.0 Å². The zero-order valence-corrected chi connectivity index (χ0v) is 15.5. The fourth-order valence-electron chi connectivity index (χ4n) is 4.33. The van der Waals surface area contributed by atoms with Crippen molar-refractivity contribution in [3.8, 4) is 18.0 Å². The quantitative estimate of drug-likeness (QED) is 0.668. The van der Waals surface area contributed by atoms with E-state index in [2.05, 4.69) is 16.3 Å². The molecule has 0 saturated heterocycles. The Morgan fingerprint density at radius 1 is 1.13 bits per heavy atom. The Bertz CT molecular complexity index is 1280. The number of rotatable bonds is 2. The minimum atomic E-state index is -1.32. The molecule has 0 unspecified atom stereocenters. The van der Waals surface area contributed by atoms with Crippen molar-refractivity contribution in [2.24, 2.45) is 0 Å². The number of aromatic nitrogens is 2. The van der Waals surface area contributed by atoms with Gasteiger partial charge in [0.15, 0.2) is 5.82 Å². The lowest BCUT2D eigenvalue weighted by atomic mass is 9.72. The van der Waals surface area contributed by atoms with Gasteiger partial charge in [0.1, 0.15) is 22.7 Å². The van der Waals surface area contributed by atoms with Crippen LogP contribution < -0.4 is 10.2 Å². The van der Waals surface area contributed by atoms with Crippen molar-refractivity contribution >= 4 is 23.3 Å². The molecule has 1 atom stereocenters. The molecular weight excluding hydrogens is 390 g/mol. The van der Waals surface area contributed by atoms with Crippen molar-refractivity contribution in [2.75, 3.05) is 16.8 Å². The molecule has 8 heteroatoms. The first kappa shape index (κ1) is 18.1. The van der Waals surface area contributed by atoms with E-state index >= 15 is 0 Å². The summed E-state index contributed by atoms with van der Waals surface area (Å²) in [5.74, 6) is 0.315. The monoisotopic (exact) mass is 404 g/mol. The molecule has 6 nitrogen and oxygen atoms in total. The topological polar surface area (TPSA) is 67.2 Å². The maximum absolute atomic E-state index is 14.4. The molecule has 0 radical (unpaired) electrons. The van der Waals surface area contributed by atoms with E-state index in [1.54, 1.807) is 24.3 Å². The van der Waals surface area contributed by atoms with E-state index < -0.39 is 23.0 Å². The highest BCUT2D eigenvalue weighted by Gasteiger charge is 2.57. The van der Waals surface area contributed by atoms with Crippen molar-refractivity contribution in [1.29, 1.82) is 0 Å². The van der Waals surface area contributed by atoms with Gasteiger partial charge in [0.2, 0.25) is 11.8 Å². The van der Waals surface area contributed by atoms with Crippen LogP contribution in [0.4, 0.5) is 20.3 Å². The maximum Gasteiger partial charge on any atom is 0.243 e. The molecule has 2 aromatic carbocycles. The number of fused-ring (bicyclic) bond motifs is 4. The van der Waals surface area contributed by atoms with Crippen molar-refractivity contribution in [3.63, 3.8) is 0 Å². The first-order valence-electron chi connectivity index (χ1n) is 9.16. The largest absolute Gasteiger partial charge is 0.310 e. The Labute approximate surface area is 170 Å². The molecule has 148 valence electrons. The third-order valence-corrected chi connectivity index (χ3v) is 5.56. The van der Waals surface area contributed by atoms with Crippen molar-refractivity contribution < 1.29 is 18.4 Å². The molecule has 0 aliphatic carbocycles. The Balaban J connectivity index is 1.76. The summed E-state index contributed by atoms with van der Waals surface area (Å²) < 4.78 is 28.9. The van der Waals surface area contributed by atoms with Gasteiger partial charge in [-0.3, -0.25) is 14.5 Å². The molecule has 2 aliphatic rings. The summed E-state index contributed by atoms with van der Waals surface area (Å²) in [5, 5.41) is 6.91. The minimum absolute atomic E-state index is 0.0470. The highest BCUT2D eigenvalue weighted by molar-refractivity contribution is 6.16. The summed E-state index contributed by atoms with van der Waals surface area (Å²) in [6.07, 6.45) is 6.77. The predicted octanol–water partition coefficient (Wildman–Crippen LogP) is 2.76. The van der Waals surface area contributed by atoms with Gasteiger partial charge in [0.25, 0.3) is 0 Å². The number of halogens is 2. The van der Waals surface area contributed by atoms with Crippen LogP contribution in [0.15, 0.2) is 48.7 Å². The van der Waals surface area contributed by atoms with Gasteiger partial charge in [-0.25, -0.2) is 13.5 Å². The lowest BCUT2D eigenvalue weighted by Gasteiger charge is -2.32. The normalized spacial score (nSPS) is 19.4. The number of carbonyl (C=O) groups excluding carboxylic acids is 2. The molecule has 2 aliphatic heterocycles. The molecule has 1 spiro atoms. The van der Waals surface area contributed by atoms with Crippen LogP contribution in [0.3, 0.4) is 0 Å². The lowest BCUT2D eigenvalue weighted by molar-refractivity contribution is -0.126. The zero-order chi connectivity index (χ0) is 21.0. The van der Waals surface area contributed by atoms with Crippen LogP contribution in [0, 0.1) is 24.0 Å². The number of amides is 2. The summed E-state index contributed by atoms with van der Waals surface area (Å²) in [6, 6.07) is 10.2. The van der Waals surface area contributed by atoms with E-state index in [1.807, 2.05) is 0 Å². The number of carbonyl (C=O) groups is 2. The standard InChI is InChI=1S/C22H14F2N4O2/c1-2-9-27-17-6-4-3-5-14(17)22(21(27)30)11-19(29)26-20-15(22)12-25-28(20)18-8-7-13(23)10-16(18)24/h1,3-8,10,12H,9,11H2,(H,26,29)/t22-/m1/s1. The van der Waals surface area contributed by atoms with Gasteiger partial charge in [0.05, 0.1) is 12.7 Å². The van der Waals surface area contributed by atoms with E-state index in [0.717, 1.165) is 12.1 Å². The molecule has 0 fully saturated rings. The van der Waals surface area contributed by atoms with E-state index in [0.29, 0.717) is 16.8 Å². The van der Waals surface area contributed by atoms with Gasteiger partial charge in [-0.2, -0.15) is 5.10 Å². The lowest BCUT2D eigenvalue weighted by Crippen LogP contribution is -2.46. The summed E-state index contributed by atoms with van der Waals surface area (Å²) in [7, 11) is 0. The highest BCUT2D eigenvalue weighted by atomic mass is 19.1. The molecule has 0 bridgehead atoms. The second kappa shape index (κ2) is 6.26. The average molecular weight is 404 g/mol. The molecule has 0 saturated carbocycles. The first-order valence-corrected chi connectivity index (χ1v) is 9.16. The van der Waals surface area contributed by atoms with Gasteiger partial charge in [-0.15, -0.1) is 6.42 Å². The molecule has 2 amide bonds. The third kappa shape index (κ3) is 2.26. The fourth-order valence-corrected chi connectivity index (χ4v) is 4.33. The van der Waals surface area contributed by atoms with Crippen molar-refractivity contribution in [2.45, 2.75) is 11.8 Å². The second-order valence-corrected chi connectivity index (χ2v) is 7.16. The Morgan fingerprint density at radius 3 is 2.70 bits per heavy atom. The number of hydrogen-bond acceptors (Lipinski definition) is 3. The number of nitrogens with one attached hydrogen (secondary N) is 1. The fraction of sp³-hybridized carbons (Fsp3) is 0.136. The smallest absolute Gasteiger partial charge is 0.243 e. The molecule has 5 rings (SSSR count). The van der Waals surface area contributed by atoms with Crippen LogP contribution >= 0.6 is 0 Å². The van der Waals surface area contributed by atoms with Gasteiger partial charge in [-0.05, 0) is 23.8 Å². The molecule has 3 heterocycles. The van der Waals surface area contributed by atoms with Crippen LogP contribution in [0.5, 0.6) is 0 Å². The molecule has 30 heavy (non-hydrogen) atoms. The number of anilines is 2. The van der Waals surface area contributed by atoms with E-state index in [-0.39, 0.29) is 30.4 Å². The zero-order valence-electron chi connectivity index (χ0n) is 15.5. The van der Waals surface area contributed by atoms with E-state index in [1.165, 1.54) is 21.8 Å². The number of hydrogen-bond donors (Lipinski definition) is 1. The Kier molecular flexibility index (Phi) is 3.77. The molecule has 1 N–H and O–H groups in total. The summed E-state index contributed by atoms with van der Waals surface area (Å²) in [6.45, 7) is 0.0509. The minimum Gasteiger partial charge on any atom is -0.310 e. The van der Waals surface area contributed by atoms with Crippen LogP contribution in [0.1, 0.15) is 17.5 Å². The van der Waals surface area contributed by atoms with Gasteiger partial charge < -0.3 is 5.32 Å². The van der Waals surface area contributed by atoms with Gasteiger partial charge >= 0.3 is 0 Å². The van der Waals surface area contributed by atoms with Crippen molar-refractivity contribution in [3.05, 3.63) is 71.4 Å². The molecule has 1 aromatic heterocycles. The molecule has 3 aromatic rings.